The molecular formula is C15H20N6O2S. The summed E-state index contributed by atoms with van der Waals surface area (Å²) in [6.45, 7) is 4.86. The van der Waals surface area contributed by atoms with Gasteiger partial charge in [0, 0.05) is 25.2 Å². The Kier molecular flexibility index (Phi) is 3.57. The van der Waals surface area contributed by atoms with Gasteiger partial charge in [0.1, 0.15) is 5.82 Å². The SMILES string of the molecule is CCS(=O)(=O)N1CC[C@@H](C)[C@@H](c2nnc3cnc4[nH]ccc4n23)C1. The number of H-pyrrole nitrogens is 1. The zero-order valence-electron chi connectivity index (χ0n) is 13.7. The molecule has 0 saturated carbocycles. The Morgan fingerprint density at radius 3 is 3.00 bits per heavy atom. The topological polar surface area (TPSA) is 96.2 Å². The monoisotopic (exact) mass is 348 g/mol. The highest BCUT2D eigenvalue weighted by Crippen LogP contribution is 2.33. The lowest BCUT2D eigenvalue weighted by Crippen LogP contribution is -2.43. The van der Waals surface area contributed by atoms with Crippen LogP contribution in [0, 0.1) is 5.92 Å². The van der Waals surface area contributed by atoms with E-state index in [4.69, 9.17) is 0 Å². The zero-order valence-corrected chi connectivity index (χ0v) is 14.5. The van der Waals surface area contributed by atoms with Crippen LogP contribution in [0.5, 0.6) is 0 Å². The van der Waals surface area contributed by atoms with Crippen molar-refractivity contribution in [2.45, 2.75) is 26.2 Å². The average Bonchev–Trinajstić information content (AvgIpc) is 3.20. The van der Waals surface area contributed by atoms with Crippen molar-refractivity contribution >= 4 is 26.8 Å². The quantitative estimate of drug-likeness (QED) is 0.771. The van der Waals surface area contributed by atoms with Crippen LogP contribution >= 0.6 is 0 Å². The van der Waals surface area contributed by atoms with Gasteiger partial charge in [-0.05, 0) is 25.3 Å². The predicted octanol–water partition coefficient (Wildman–Crippen LogP) is 1.38. The van der Waals surface area contributed by atoms with Crippen molar-refractivity contribution < 1.29 is 8.42 Å². The van der Waals surface area contributed by atoms with Gasteiger partial charge in [-0.15, -0.1) is 10.2 Å². The molecule has 8 nitrogen and oxygen atoms in total. The van der Waals surface area contributed by atoms with Crippen LogP contribution in [-0.2, 0) is 10.0 Å². The lowest BCUT2D eigenvalue weighted by atomic mass is 9.87. The minimum absolute atomic E-state index is 0.00979. The second-order valence-electron chi connectivity index (χ2n) is 6.35. The fraction of sp³-hybridized carbons (Fsp3) is 0.533. The van der Waals surface area contributed by atoms with E-state index in [2.05, 4.69) is 27.1 Å². The number of aromatic amines is 1. The molecule has 4 heterocycles. The highest BCUT2D eigenvalue weighted by Gasteiger charge is 2.35. The van der Waals surface area contributed by atoms with Crippen LogP contribution in [0.2, 0.25) is 0 Å². The van der Waals surface area contributed by atoms with Crippen molar-refractivity contribution in [2.75, 3.05) is 18.8 Å². The third-order valence-electron chi connectivity index (χ3n) is 4.98. The maximum Gasteiger partial charge on any atom is 0.213 e. The Hall–Kier alpha value is -2.00. The van der Waals surface area contributed by atoms with Crippen LogP contribution in [0.3, 0.4) is 0 Å². The third-order valence-corrected chi connectivity index (χ3v) is 6.83. The fourth-order valence-corrected chi connectivity index (χ4v) is 4.59. The molecule has 0 aromatic carbocycles. The molecule has 0 radical (unpaired) electrons. The van der Waals surface area contributed by atoms with Crippen LogP contribution in [0.1, 0.15) is 32.0 Å². The first-order chi connectivity index (χ1) is 11.5. The summed E-state index contributed by atoms with van der Waals surface area (Å²) in [7, 11) is -3.20. The fourth-order valence-electron chi connectivity index (χ4n) is 3.45. The highest BCUT2D eigenvalue weighted by atomic mass is 32.2. The second-order valence-corrected chi connectivity index (χ2v) is 8.61. The lowest BCUT2D eigenvalue weighted by molar-refractivity contribution is 0.244. The Morgan fingerprint density at radius 2 is 2.21 bits per heavy atom. The maximum absolute atomic E-state index is 12.3. The van der Waals surface area contributed by atoms with Gasteiger partial charge in [-0.1, -0.05) is 6.92 Å². The summed E-state index contributed by atoms with van der Waals surface area (Å²) < 4.78 is 28.1. The van der Waals surface area contributed by atoms with Gasteiger partial charge >= 0.3 is 0 Å². The first-order valence-corrected chi connectivity index (χ1v) is 9.77. The lowest BCUT2D eigenvalue weighted by Gasteiger charge is -2.35. The van der Waals surface area contributed by atoms with Gasteiger partial charge in [0.15, 0.2) is 11.3 Å². The van der Waals surface area contributed by atoms with E-state index in [0.29, 0.717) is 24.7 Å². The van der Waals surface area contributed by atoms with E-state index in [1.165, 1.54) is 0 Å². The number of piperidine rings is 1. The summed E-state index contributed by atoms with van der Waals surface area (Å²) in [6, 6.07) is 1.94. The van der Waals surface area contributed by atoms with Gasteiger partial charge < -0.3 is 4.98 Å². The number of hydrogen-bond acceptors (Lipinski definition) is 5. The van der Waals surface area contributed by atoms with Crippen molar-refractivity contribution in [1.29, 1.82) is 0 Å². The maximum atomic E-state index is 12.3. The number of hydrogen-bond donors (Lipinski definition) is 1. The molecular weight excluding hydrogens is 328 g/mol. The number of fused-ring (bicyclic) bond motifs is 3. The number of aromatic nitrogens is 5. The van der Waals surface area contributed by atoms with E-state index in [1.54, 1.807) is 17.4 Å². The summed E-state index contributed by atoms with van der Waals surface area (Å²) in [6.07, 6.45) is 4.34. The molecule has 9 heteroatoms. The summed E-state index contributed by atoms with van der Waals surface area (Å²) in [5.41, 5.74) is 2.36. The molecule has 1 aliphatic rings. The van der Waals surface area contributed by atoms with Crippen molar-refractivity contribution in [3.05, 3.63) is 24.3 Å². The van der Waals surface area contributed by atoms with Crippen LogP contribution in [-0.4, -0.2) is 56.1 Å². The second kappa shape index (κ2) is 5.52. The number of sulfonamides is 1. The van der Waals surface area contributed by atoms with Gasteiger partial charge in [-0.3, -0.25) is 4.40 Å². The first-order valence-electron chi connectivity index (χ1n) is 8.16. The Labute approximate surface area is 140 Å². The normalized spacial score (nSPS) is 23.2. The molecule has 1 N–H and O–H groups in total. The van der Waals surface area contributed by atoms with Crippen LogP contribution in [0.15, 0.2) is 18.5 Å². The molecule has 24 heavy (non-hydrogen) atoms. The van der Waals surface area contributed by atoms with Gasteiger partial charge in [0.05, 0.1) is 17.5 Å². The molecule has 0 aliphatic carbocycles. The summed E-state index contributed by atoms with van der Waals surface area (Å²) in [4.78, 5) is 7.42. The van der Waals surface area contributed by atoms with Crippen molar-refractivity contribution in [1.82, 2.24) is 28.9 Å². The van der Waals surface area contributed by atoms with Gasteiger partial charge in [0.25, 0.3) is 0 Å². The van der Waals surface area contributed by atoms with E-state index >= 15 is 0 Å². The van der Waals surface area contributed by atoms with Crippen LogP contribution in [0.25, 0.3) is 16.8 Å². The molecule has 128 valence electrons. The summed E-state index contributed by atoms with van der Waals surface area (Å²) in [5.74, 6) is 1.28. The molecule has 4 rings (SSSR count). The molecule has 1 saturated heterocycles. The largest absolute Gasteiger partial charge is 0.345 e. The van der Waals surface area contributed by atoms with Crippen LogP contribution < -0.4 is 0 Å². The van der Waals surface area contributed by atoms with E-state index in [-0.39, 0.29) is 11.7 Å². The van der Waals surface area contributed by atoms with Gasteiger partial charge in [0.2, 0.25) is 10.0 Å². The molecule has 2 atom stereocenters. The van der Waals surface area contributed by atoms with Crippen molar-refractivity contribution in [2.24, 2.45) is 5.92 Å². The minimum Gasteiger partial charge on any atom is -0.345 e. The van der Waals surface area contributed by atoms with Crippen molar-refractivity contribution in [3.8, 4) is 0 Å². The standard InChI is InChI=1S/C15H20N6O2S/c1-3-24(22,23)20-7-5-10(2)11(9-20)15-19-18-13-8-17-14-12(21(13)15)4-6-16-14/h4,6,8,10-11,16H,3,5,7,9H2,1-2H3/t10-,11+/m1/s1. The molecule has 3 aromatic rings. The zero-order chi connectivity index (χ0) is 16.9. The minimum atomic E-state index is -3.20. The van der Waals surface area contributed by atoms with Gasteiger partial charge in [-0.25, -0.2) is 17.7 Å². The van der Waals surface area contributed by atoms with Crippen molar-refractivity contribution in [3.63, 3.8) is 0 Å². The van der Waals surface area contributed by atoms with E-state index < -0.39 is 10.0 Å². The predicted molar refractivity (Wildman–Crippen MR) is 90.2 cm³/mol. The molecule has 3 aromatic heterocycles. The molecule has 1 aliphatic heterocycles. The molecule has 1 fully saturated rings. The molecule has 0 amide bonds. The van der Waals surface area contributed by atoms with E-state index in [1.807, 2.05) is 16.7 Å². The molecule has 0 bridgehead atoms. The Balaban J connectivity index is 1.82. The van der Waals surface area contributed by atoms with E-state index in [0.717, 1.165) is 23.4 Å². The van der Waals surface area contributed by atoms with Gasteiger partial charge in [-0.2, -0.15) is 0 Å². The Morgan fingerprint density at radius 1 is 1.38 bits per heavy atom. The number of nitrogens with zero attached hydrogens (tertiary/aromatic N) is 5. The number of rotatable bonds is 3. The molecule has 0 unspecified atom stereocenters. The van der Waals surface area contributed by atoms with E-state index in [9.17, 15) is 8.42 Å². The average molecular weight is 348 g/mol. The first kappa shape index (κ1) is 15.5. The third kappa shape index (κ3) is 2.30. The van der Waals surface area contributed by atoms with Crippen LogP contribution in [0.4, 0.5) is 0 Å². The Bertz CT molecular complexity index is 992. The summed E-state index contributed by atoms with van der Waals surface area (Å²) in [5, 5.41) is 8.61. The summed E-state index contributed by atoms with van der Waals surface area (Å²) >= 11 is 0. The number of nitrogens with one attached hydrogen (secondary N) is 1. The smallest absolute Gasteiger partial charge is 0.213 e. The highest BCUT2D eigenvalue weighted by molar-refractivity contribution is 7.89. The molecule has 0 spiro atoms.